The van der Waals surface area contributed by atoms with Crippen LogP contribution in [0.3, 0.4) is 0 Å². The molecule has 2 aliphatic rings. The van der Waals surface area contributed by atoms with E-state index < -0.39 is 11.7 Å². The maximum atomic E-state index is 10.7. The minimum absolute atomic E-state index is 0.0676. The van der Waals surface area contributed by atoms with Crippen molar-refractivity contribution in [1.82, 2.24) is 0 Å². The Morgan fingerprint density at radius 1 is 1.11 bits per heavy atom. The van der Waals surface area contributed by atoms with E-state index in [1.807, 2.05) is 6.92 Å². The third-order valence-corrected chi connectivity index (χ3v) is 6.06. The monoisotopic (exact) mass is 270 g/mol. The van der Waals surface area contributed by atoms with Gasteiger partial charge >= 0.3 is 0 Å². The predicted molar refractivity (Wildman–Crippen MR) is 75.7 cm³/mol. The average Bonchev–Trinajstić information content (AvgIpc) is 2.21. The van der Waals surface area contributed by atoms with Crippen LogP contribution in [-0.4, -0.2) is 33.6 Å². The Morgan fingerprint density at radius 3 is 2.32 bits per heavy atom. The molecule has 0 heterocycles. The molecule has 112 valence electrons. The molecule has 3 nitrogen and oxygen atoms in total. The molecule has 0 unspecified atom stereocenters. The number of rotatable bonds is 2. The minimum Gasteiger partial charge on any atom is -0.396 e. The Kier molecular flexibility index (Phi) is 3.79. The van der Waals surface area contributed by atoms with Crippen molar-refractivity contribution in [3.05, 3.63) is 0 Å². The summed E-state index contributed by atoms with van der Waals surface area (Å²) in [6.07, 6.45) is 3.94. The number of aliphatic hydroxyl groups is 3. The Hall–Kier alpha value is -0.120. The molecule has 2 rings (SSSR count). The van der Waals surface area contributed by atoms with Gasteiger partial charge in [-0.3, -0.25) is 0 Å². The number of hydrogen-bond acceptors (Lipinski definition) is 3. The summed E-state index contributed by atoms with van der Waals surface area (Å²) >= 11 is 0. The van der Waals surface area contributed by atoms with E-state index in [9.17, 15) is 15.3 Å². The van der Waals surface area contributed by atoms with Crippen molar-refractivity contribution < 1.29 is 15.3 Å². The molecule has 0 aromatic carbocycles. The molecule has 19 heavy (non-hydrogen) atoms. The summed E-state index contributed by atoms with van der Waals surface area (Å²) in [5.74, 6) is 0.281. The highest BCUT2D eigenvalue weighted by Crippen LogP contribution is 2.62. The normalized spacial score (nSPS) is 49.7. The first-order valence-electron chi connectivity index (χ1n) is 7.66. The summed E-state index contributed by atoms with van der Waals surface area (Å²) in [5, 5.41) is 30.7. The molecule has 0 spiro atoms. The van der Waals surface area contributed by atoms with Gasteiger partial charge in [0.2, 0.25) is 0 Å². The SMILES string of the molecule is CC1(C)CCC[C@]2(C)[C@@H](CCO)[C@](C)(O)C[C@H](O)[C@@H]12. The van der Waals surface area contributed by atoms with Crippen molar-refractivity contribution in [2.45, 2.75) is 71.5 Å². The lowest BCUT2D eigenvalue weighted by molar-refractivity contribution is -0.216. The van der Waals surface area contributed by atoms with Gasteiger partial charge in [-0.2, -0.15) is 0 Å². The number of aliphatic hydroxyl groups excluding tert-OH is 2. The van der Waals surface area contributed by atoms with Crippen molar-refractivity contribution in [2.24, 2.45) is 22.7 Å². The van der Waals surface area contributed by atoms with Crippen LogP contribution in [0, 0.1) is 22.7 Å². The quantitative estimate of drug-likeness (QED) is 0.722. The fourth-order valence-electron chi connectivity index (χ4n) is 5.64. The first-order chi connectivity index (χ1) is 8.65. The summed E-state index contributed by atoms with van der Waals surface area (Å²) in [6, 6.07) is 0. The van der Waals surface area contributed by atoms with Crippen LogP contribution < -0.4 is 0 Å². The topological polar surface area (TPSA) is 60.7 Å². The molecular formula is C16H30O3. The highest BCUT2D eigenvalue weighted by Gasteiger charge is 2.60. The highest BCUT2D eigenvalue weighted by molar-refractivity contribution is 5.10. The van der Waals surface area contributed by atoms with Gasteiger partial charge in [0.25, 0.3) is 0 Å². The molecule has 2 fully saturated rings. The van der Waals surface area contributed by atoms with Gasteiger partial charge in [-0.25, -0.2) is 0 Å². The van der Waals surface area contributed by atoms with Gasteiger partial charge in [-0.1, -0.05) is 27.2 Å². The molecule has 3 N–H and O–H groups in total. The first-order valence-corrected chi connectivity index (χ1v) is 7.66. The fraction of sp³-hybridized carbons (Fsp3) is 1.00. The van der Waals surface area contributed by atoms with Crippen LogP contribution in [0.1, 0.15) is 59.8 Å². The van der Waals surface area contributed by atoms with Gasteiger partial charge in [-0.05, 0) is 48.9 Å². The zero-order valence-corrected chi connectivity index (χ0v) is 12.8. The molecule has 3 heteroatoms. The van der Waals surface area contributed by atoms with E-state index in [2.05, 4.69) is 20.8 Å². The van der Waals surface area contributed by atoms with Gasteiger partial charge in [0.15, 0.2) is 0 Å². The Labute approximate surface area is 117 Å². The first kappa shape index (κ1) is 15.3. The molecule has 0 amide bonds. The zero-order chi connectivity index (χ0) is 14.5. The summed E-state index contributed by atoms with van der Waals surface area (Å²) in [5.41, 5.74) is -0.844. The van der Waals surface area contributed by atoms with E-state index in [1.165, 1.54) is 0 Å². The standard InChI is InChI=1S/C16H30O3/c1-14(2)7-5-8-15(3)12(6-9-17)16(4,19)10-11(18)13(14)15/h11-13,17-19H,5-10H2,1-4H3/t11-,12+,13-,15+,16+/m0/s1. The van der Waals surface area contributed by atoms with Crippen LogP contribution in [0.25, 0.3) is 0 Å². The molecule has 0 radical (unpaired) electrons. The maximum absolute atomic E-state index is 10.7. The van der Waals surface area contributed by atoms with Crippen molar-refractivity contribution in [3.63, 3.8) is 0 Å². The lowest BCUT2D eigenvalue weighted by atomic mass is 9.44. The number of hydrogen-bond donors (Lipinski definition) is 3. The number of fused-ring (bicyclic) bond motifs is 1. The van der Waals surface area contributed by atoms with Gasteiger partial charge in [-0.15, -0.1) is 0 Å². The molecule has 0 aliphatic heterocycles. The fourth-order valence-corrected chi connectivity index (χ4v) is 5.64. The van der Waals surface area contributed by atoms with Crippen LogP contribution in [0.2, 0.25) is 0 Å². The van der Waals surface area contributed by atoms with Crippen LogP contribution in [0.5, 0.6) is 0 Å². The summed E-state index contributed by atoms with van der Waals surface area (Å²) in [6.45, 7) is 8.65. The molecular weight excluding hydrogens is 240 g/mol. The smallest absolute Gasteiger partial charge is 0.0678 e. The molecule has 0 bridgehead atoms. The van der Waals surface area contributed by atoms with E-state index in [0.717, 1.165) is 19.3 Å². The maximum Gasteiger partial charge on any atom is 0.0678 e. The molecule has 2 saturated carbocycles. The molecule has 0 saturated heterocycles. The van der Waals surface area contributed by atoms with Crippen molar-refractivity contribution in [1.29, 1.82) is 0 Å². The highest BCUT2D eigenvalue weighted by atomic mass is 16.3. The molecule has 0 aromatic heterocycles. The van der Waals surface area contributed by atoms with Crippen molar-refractivity contribution in [2.75, 3.05) is 6.61 Å². The average molecular weight is 270 g/mol. The van der Waals surface area contributed by atoms with E-state index >= 15 is 0 Å². The van der Waals surface area contributed by atoms with Crippen LogP contribution in [0.4, 0.5) is 0 Å². The van der Waals surface area contributed by atoms with Crippen molar-refractivity contribution in [3.8, 4) is 0 Å². The lowest BCUT2D eigenvalue weighted by Gasteiger charge is -2.62. The van der Waals surface area contributed by atoms with Crippen LogP contribution in [-0.2, 0) is 0 Å². The van der Waals surface area contributed by atoms with Crippen LogP contribution in [0.15, 0.2) is 0 Å². The van der Waals surface area contributed by atoms with Gasteiger partial charge in [0, 0.05) is 13.0 Å². The zero-order valence-electron chi connectivity index (χ0n) is 12.8. The lowest BCUT2D eigenvalue weighted by Crippen LogP contribution is -2.62. The molecule has 5 atom stereocenters. The third kappa shape index (κ3) is 2.34. The molecule has 0 aromatic rings. The van der Waals surface area contributed by atoms with E-state index in [1.54, 1.807) is 0 Å². The molecule has 2 aliphatic carbocycles. The second kappa shape index (κ2) is 4.71. The Balaban J connectivity index is 2.43. The van der Waals surface area contributed by atoms with Gasteiger partial charge in [0.05, 0.1) is 11.7 Å². The third-order valence-electron chi connectivity index (χ3n) is 6.06. The second-order valence-corrected chi connectivity index (χ2v) is 8.02. The summed E-state index contributed by atoms with van der Waals surface area (Å²) in [7, 11) is 0. The summed E-state index contributed by atoms with van der Waals surface area (Å²) < 4.78 is 0. The second-order valence-electron chi connectivity index (χ2n) is 8.02. The van der Waals surface area contributed by atoms with E-state index in [0.29, 0.717) is 12.8 Å². The predicted octanol–water partition coefficient (Wildman–Crippen LogP) is 2.33. The van der Waals surface area contributed by atoms with E-state index in [-0.39, 0.29) is 29.3 Å². The minimum atomic E-state index is -0.874. The van der Waals surface area contributed by atoms with Crippen molar-refractivity contribution >= 4 is 0 Å². The Bertz CT molecular complexity index is 337. The van der Waals surface area contributed by atoms with E-state index in [4.69, 9.17) is 0 Å². The Morgan fingerprint density at radius 2 is 1.74 bits per heavy atom. The van der Waals surface area contributed by atoms with Gasteiger partial charge < -0.3 is 15.3 Å². The summed E-state index contributed by atoms with van der Waals surface area (Å²) in [4.78, 5) is 0. The van der Waals surface area contributed by atoms with Gasteiger partial charge in [0.1, 0.15) is 0 Å². The largest absolute Gasteiger partial charge is 0.396 e. The van der Waals surface area contributed by atoms with Crippen LogP contribution >= 0.6 is 0 Å².